The number of methoxy groups -OCH3 is 6. The standard InChI is InChI=1S/C12H13NO.C11H12N2O.C11H11NO2.C10H8ClNO.C10H9NO/c1-8-5-4-6-10-11(14-3)7-9(2)13-12(8)10;1-7-3-4-8-9(5-7)13-11(12)6-10(8)14-2;1-13-8-3-4-9-10(7-8)12-6-5-11(9)14-2;1-13-10-4-5-12-9-6-7(11)2-3-8(9)10;1-12-10-6-7-11-9-5-3-2-4-8(9)10/h4-7H,1-3H3;3-6H,1-2H3,(H2,12,13);3-7H,1-2H3;2-6H,1H3;2-7H,1H3. The van der Waals surface area contributed by atoms with Crippen molar-refractivity contribution in [1.82, 2.24) is 24.9 Å². The smallest absolute Gasteiger partial charge is 0.131 e. The lowest BCUT2D eigenvalue weighted by Gasteiger charge is -2.07. The molecule has 5 aromatic heterocycles. The van der Waals surface area contributed by atoms with Crippen molar-refractivity contribution in [3.05, 3.63) is 168 Å². The summed E-state index contributed by atoms with van der Waals surface area (Å²) in [5.74, 6) is 5.49. The average molecular weight is 918 g/mol. The van der Waals surface area contributed by atoms with Gasteiger partial charge in [-0.15, -0.1) is 0 Å². The van der Waals surface area contributed by atoms with E-state index in [1.165, 1.54) is 5.56 Å². The van der Waals surface area contributed by atoms with Gasteiger partial charge in [-0.05, 0) is 111 Å². The van der Waals surface area contributed by atoms with Gasteiger partial charge < -0.3 is 34.2 Å². The number of fused-ring (bicyclic) bond motifs is 5. The van der Waals surface area contributed by atoms with Crippen LogP contribution in [0.5, 0.6) is 34.5 Å². The molecule has 0 amide bonds. The van der Waals surface area contributed by atoms with Crippen molar-refractivity contribution >= 4 is 71.9 Å². The Hall–Kier alpha value is -7.96. The van der Waals surface area contributed by atoms with Crippen LogP contribution in [-0.2, 0) is 0 Å². The summed E-state index contributed by atoms with van der Waals surface area (Å²) in [5.41, 5.74) is 13.6. The second-order valence-electron chi connectivity index (χ2n) is 14.8. The lowest BCUT2D eigenvalue weighted by molar-refractivity contribution is 0.414. The maximum Gasteiger partial charge on any atom is 0.131 e. The van der Waals surface area contributed by atoms with Gasteiger partial charge in [0.05, 0.1) is 70.2 Å². The van der Waals surface area contributed by atoms with Crippen LogP contribution in [0.15, 0.2) is 146 Å². The van der Waals surface area contributed by atoms with E-state index in [-0.39, 0.29) is 0 Å². The van der Waals surface area contributed by atoms with Gasteiger partial charge in [0.15, 0.2) is 0 Å². The molecule has 10 aromatic rings. The number of hydrogen-bond acceptors (Lipinski definition) is 12. The Balaban J connectivity index is 0.000000138. The Labute approximate surface area is 395 Å². The molecule has 0 fully saturated rings. The first-order valence-corrected chi connectivity index (χ1v) is 21.4. The minimum absolute atomic E-state index is 0.486. The molecule has 0 aliphatic rings. The lowest BCUT2D eigenvalue weighted by atomic mass is 10.1. The molecule has 0 spiro atoms. The molecule has 12 nitrogen and oxygen atoms in total. The molecule has 0 aliphatic heterocycles. The van der Waals surface area contributed by atoms with Crippen LogP contribution in [0, 0.1) is 20.8 Å². The Morgan fingerprint density at radius 1 is 0.418 bits per heavy atom. The third-order valence-electron chi connectivity index (χ3n) is 10.4. The minimum atomic E-state index is 0.486. The molecule has 0 saturated heterocycles. The van der Waals surface area contributed by atoms with Crippen molar-refractivity contribution in [2.75, 3.05) is 48.4 Å². The number of halogens is 1. The highest BCUT2D eigenvalue weighted by molar-refractivity contribution is 6.31. The van der Waals surface area contributed by atoms with Crippen LogP contribution in [0.2, 0.25) is 5.02 Å². The Morgan fingerprint density at radius 3 is 1.57 bits per heavy atom. The molecule has 5 heterocycles. The molecule has 342 valence electrons. The SMILES string of the molecule is COc1cc(C)nc2c(C)cccc12.COc1cc(N)nc2cc(C)ccc12.COc1ccc2c(OC)ccnc2c1.COc1ccnc2cc(Cl)ccc12.COc1ccnc2ccccc12. The second kappa shape index (κ2) is 23.3. The van der Waals surface area contributed by atoms with Crippen molar-refractivity contribution < 1.29 is 28.4 Å². The number of nitrogens with two attached hydrogens (primary N) is 1. The van der Waals surface area contributed by atoms with Gasteiger partial charge in [-0.1, -0.05) is 41.9 Å². The molecule has 0 atom stereocenters. The molecule has 5 aromatic carbocycles. The Kier molecular flexibility index (Phi) is 16.9. The zero-order valence-corrected chi connectivity index (χ0v) is 39.8. The van der Waals surface area contributed by atoms with E-state index < -0.39 is 0 Å². The molecule has 0 unspecified atom stereocenters. The van der Waals surface area contributed by atoms with E-state index in [9.17, 15) is 0 Å². The first kappa shape index (κ1) is 48.5. The maximum atomic E-state index is 5.83. The molecular formula is C54H53ClN6O6. The normalized spacial score (nSPS) is 10.3. The van der Waals surface area contributed by atoms with Crippen LogP contribution in [0.1, 0.15) is 16.8 Å². The number of benzene rings is 5. The number of nitrogen functional groups attached to an aromatic ring is 1. The molecular weight excluding hydrogens is 864 g/mol. The fourth-order valence-electron chi connectivity index (χ4n) is 7.07. The number of para-hydroxylation sites is 2. The van der Waals surface area contributed by atoms with Crippen molar-refractivity contribution in [2.24, 2.45) is 0 Å². The third-order valence-corrected chi connectivity index (χ3v) is 10.6. The number of nitrogens with zero attached hydrogens (tertiary/aromatic N) is 5. The molecule has 13 heteroatoms. The van der Waals surface area contributed by atoms with E-state index in [2.05, 4.69) is 37.9 Å². The average Bonchev–Trinajstić information content (AvgIpc) is 3.35. The van der Waals surface area contributed by atoms with E-state index in [1.807, 2.05) is 129 Å². The number of rotatable bonds is 6. The summed E-state index contributed by atoms with van der Waals surface area (Å²) >= 11 is 5.83. The lowest BCUT2D eigenvalue weighted by Crippen LogP contribution is -1.94. The summed E-state index contributed by atoms with van der Waals surface area (Å²) in [6.45, 7) is 6.07. The zero-order chi connectivity index (χ0) is 47.9. The highest BCUT2D eigenvalue weighted by Crippen LogP contribution is 2.30. The topological polar surface area (TPSA) is 146 Å². The highest BCUT2D eigenvalue weighted by Gasteiger charge is 2.07. The molecule has 10 rings (SSSR count). The number of hydrogen-bond donors (Lipinski definition) is 1. The maximum absolute atomic E-state index is 5.83. The summed E-state index contributed by atoms with van der Waals surface area (Å²) in [6, 6.07) is 40.6. The highest BCUT2D eigenvalue weighted by atomic mass is 35.5. The predicted octanol–water partition coefficient (Wildman–Crippen LogP) is 12.4. The van der Waals surface area contributed by atoms with E-state index in [4.69, 9.17) is 45.8 Å². The van der Waals surface area contributed by atoms with Crippen LogP contribution >= 0.6 is 11.6 Å². The first-order chi connectivity index (χ1) is 32.5. The van der Waals surface area contributed by atoms with Crippen molar-refractivity contribution in [3.8, 4) is 34.5 Å². The van der Waals surface area contributed by atoms with Gasteiger partial charge >= 0.3 is 0 Å². The van der Waals surface area contributed by atoms with Gasteiger partial charge in [-0.2, -0.15) is 0 Å². The van der Waals surface area contributed by atoms with Crippen LogP contribution in [0.3, 0.4) is 0 Å². The van der Waals surface area contributed by atoms with E-state index in [0.29, 0.717) is 10.8 Å². The van der Waals surface area contributed by atoms with Gasteiger partial charge in [-0.3, -0.25) is 19.9 Å². The molecule has 67 heavy (non-hydrogen) atoms. The monoisotopic (exact) mass is 916 g/mol. The van der Waals surface area contributed by atoms with Gasteiger partial charge in [0.2, 0.25) is 0 Å². The quantitative estimate of drug-likeness (QED) is 0.169. The fourth-order valence-corrected chi connectivity index (χ4v) is 7.24. The van der Waals surface area contributed by atoms with Crippen molar-refractivity contribution in [3.63, 3.8) is 0 Å². The van der Waals surface area contributed by atoms with Crippen molar-refractivity contribution in [2.45, 2.75) is 20.8 Å². The second-order valence-corrected chi connectivity index (χ2v) is 15.2. The van der Waals surface area contributed by atoms with Gasteiger partial charge in [-0.25, -0.2) is 4.98 Å². The van der Waals surface area contributed by atoms with Crippen LogP contribution in [0.25, 0.3) is 54.5 Å². The summed E-state index contributed by atoms with van der Waals surface area (Å²) in [6.07, 6.45) is 5.18. The summed E-state index contributed by atoms with van der Waals surface area (Å²) in [7, 11) is 9.93. The minimum Gasteiger partial charge on any atom is -0.497 e. The van der Waals surface area contributed by atoms with Crippen LogP contribution < -0.4 is 34.2 Å². The predicted molar refractivity (Wildman–Crippen MR) is 272 cm³/mol. The molecule has 0 saturated carbocycles. The molecule has 2 N–H and O–H groups in total. The van der Waals surface area contributed by atoms with Crippen LogP contribution in [-0.4, -0.2) is 67.6 Å². The zero-order valence-electron chi connectivity index (χ0n) is 39.0. The summed E-state index contributed by atoms with van der Waals surface area (Å²) in [4.78, 5) is 21.4. The van der Waals surface area contributed by atoms with E-state index in [1.54, 1.807) is 67.3 Å². The van der Waals surface area contributed by atoms with E-state index >= 15 is 0 Å². The largest absolute Gasteiger partial charge is 0.497 e. The Bertz CT molecular complexity index is 3250. The molecule has 0 aliphatic carbocycles. The Morgan fingerprint density at radius 2 is 0.940 bits per heavy atom. The first-order valence-electron chi connectivity index (χ1n) is 21.0. The summed E-state index contributed by atoms with van der Waals surface area (Å²) in [5, 5.41) is 5.80. The third kappa shape index (κ3) is 12.2. The van der Waals surface area contributed by atoms with Gasteiger partial charge in [0.1, 0.15) is 40.3 Å². The van der Waals surface area contributed by atoms with Crippen molar-refractivity contribution in [1.29, 1.82) is 0 Å². The number of aromatic nitrogens is 5. The van der Waals surface area contributed by atoms with E-state index in [0.717, 1.165) is 100 Å². The van der Waals surface area contributed by atoms with Gasteiger partial charge in [0.25, 0.3) is 0 Å². The van der Waals surface area contributed by atoms with Gasteiger partial charge in [0, 0.05) is 74.4 Å². The number of ether oxygens (including phenoxy) is 6. The molecule has 0 radical (unpaired) electrons. The molecule has 0 bridgehead atoms. The number of aryl methyl sites for hydroxylation is 3. The fraction of sp³-hybridized carbons (Fsp3) is 0.167. The number of pyridine rings is 5. The van der Waals surface area contributed by atoms with Crippen LogP contribution in [0.4, 0.5) is 5.82 Å². The number of anilines is 1. The summed E-state index contributed by atoms with van der Waals surface area (Å²) < 4.78 is 31.3.